The predicted molar refractivity (Wildman–Crippen MR) is 101 cm³/mol. The molecule has 1 fully saturated rings. The van der Waals surface area contributed by atoms with E-state index in [4.69, 9.17) is 0 Å². The van der Waals surface area contributed by atoms with Crippen LogP contribution in [-0.4, -0.2) is 35.9 Å². The van der Waals surface area contributed by atoms with Gasteiger partial charge in [0.2, 0.25) is 11.8 Å². The number of nitrogens with zero attached hydrogens (tertiary/aromatic N) is 1. The van der Waals surface area contributed by atoms with Crippen LogP contribution in [0.15, 0.2) is 60.7 Å². The quantitative estimate of drug-likeness (QED) is 0.744. The standard InChI is InChI=1S/C21H20F2N2O3/c22-21(23)28-17-9-6-15(7-10-17)8-11-19(26)24-18-12-13-25(20(18)27)14-16-4-2-1-3-5-16/h1-11,18,21H,12-14H2,(H,24,26)/b11-8+/t18-/m0/s1. The van der Waals surface area contributed by atoms with Crippen molar-refractivity contribution in [2.45, 2.75) is 25.6 Å². The van der Waals surface area contributed by atoms with Gasteiger partial charge in [-0.1, -0.05) is 42.5 Å². The number of hydrogen-bond donors (Lipinski definition) is 1. The first-order chi connectivity index (χ1) is 13.5. The molecule has 7 heteroatoms. The summed E-state index contributed by atoms with van der Waals surface area (Å²) in [5, 5.41) is 2.71. The first-order valence-electron chi connectivity index (χ1n) is 8.87. The van der Waals surface area contributed by atoms with Gasteiger partial charge in [-0.15, -0.1) is 0 Å². The first-order valence-corrected chi connectivity index (χ1v) is 8.87. The number of benzene rings is 2. The van der Waals surface area contributed by atoms with E-state index in [1.54, 1.807) is 23.1 Å². The molecule has 146 valence electrons. The molecule has 1 atom stereocenters. The minimum atomic E-state index is -2.88. The third kappa shape index (κ3) is 5.39. The Kier molecular flexibility index (Phi) is 6.37. The average molecular weight is 386 g/mol. The highest BCUT2D eigenvalue weighted by atomic mass is 19.3. The molecule has 0 saturated carbocycles. The molecule has 1 aliphatic heterocycles. The molecule has 0 radical (unpaired) electrons. The number of likely N-dealkylation sites (tertiary alicyclic amines) is 1. The van der Waals surface area contributed by atoms with Gasteiger partial charge >= 0.3 is 6.61 Å². The third-order valence-electron chi connectivity index (χ3n) is 4.36. The smallest absolute Gasteiger partial charge is 0.387 e. The van der Waals surface area contributed by atoms with Crippen LogP contribution in [0.2, 0.25) is 0 Å². The molecule has 0 unspecified atom stereocenters. The Bertz CT molecular complexity index is 838. The van der Waals surface area contributed by atoms with E-state index in [2.05, 4.69) is 10.1 Å². The van der Waals surface area contributed by atoms with E-state index in [1.807, 2.05) is 30.3 Å². The molecule has 28 heavy (non-hydrogen) atoms. The molecule has 1 N–H and O–H groups in total. The number of alkyl halides is 2. The van der Waals surface area contributed by atoms with Crippen molar-refractivity contribution in [3.63, 3.8) is 0 Å². The number of carbonyl (C=O) groups excluding carboxylic acids is 2. The second-order valence-corrected chi connectivity index (χ2v) is 6.38. The van der Waals surface area contributed by atoms with Gasteiger partial charge in [0.15, 0.2) is 0 Å². The Morgan fingerprint density at radius 1 is 1.18 bits per heavy atom. The Morgan fingerprint density at radius 2 is 1.89 bits per heavy atom. The van der Waals surface area contributed by atoms with Gasteiger partial charge in [0.25, 0.3) is 0 Å². The Hall–Kier alpha value is -3.22. The van der Waals surface area contributed by atoms with Crippen molar-refractivity contribution in [1.82, 2.24) is 10.2 Å². The molecule has 0 spiro atoms. The Balaban J connectivity index is 1.50. The lowest BCUT2D eigenvalue weighted by molar-refractivity contribution is -0.132. The zero-order valence-corrected chi connectivity index (χ0v) is 15.1. The first kappa shape index (κ1) is 19.5. The average Bonchev–Trinajstić information content (AvgIpc) is 3.01. The van der Waals surface area contributed by atoms with Crippen LogP contribution in [0.25, 0.3) is 6.08 Å². The highest BCUT2D eigenvalue weighted by Crippen LogP contribution is 2.17. The molecule has 2 aromatic rings. The Morgan fingerprint density at radius 3 is 2.57 bits per heavy atom. The molecule has 0 aliphatic carbocycles. The predicted octanol–water partition coefficient (Wildman–Crippen LogP) is 3.22. The summed E-state index contributed by atoms with van der Waals surface area (Å²) < 4.78 is 28.5. The van der Waals surface area contributed by atoms with E-state index < -0.39 is 12.7 Å². The molecule has 2 aromatic carbocycles. The molecular formula is C21H20F2N2O3. The van der Waals surface area contributed by atoms with Gasteiger partial charge in [0.1, 0.15) is 11.8 Å². The minimum absolute atomic E-state index is 0.0478. The summed E-state index contributed by atoms with van der Waals surface area (Å²) in [4.78, 5) is 26.3. The summed E-state index contributed by atoms with van der Waals surface area (Å²) in [7, 11) is 0. The summed E-state index contributed by atoms with van der Waals surface area (Å²) in [5.41, 5.74) is 1.70. The van der Waals surface area contributed by atoms with Crippen LogP contribution in [0.3, 0.4) is 0 Å². The van der Waals surface area contributed by atoms with Crippen LogP contribution in [0.5, 0.6) is 5.75 Å². The highest BCUT2D eigenvalue weighted by Gasteiger charge is 2.32. The number of nitrogens with one attached hydrogen (secondary N) is 1. The van der Waals surface area contributed by atoms with Crippen LogP contribution in [-0.2, 0) is 16.1 Å². The van der Waals surface area contributed by atoms with Gasteiger partial charge in [-0.25, -0.2) is 0 Å². The molecular weight excluding hydrogens is 366 g/mol. The lowest BCUT2D eigenvalue weighted by atomic mass is 10.2. The topological polar surface area (TPSA) is 58.6 Å². The largest absolute Gasteiger partial charge is 0.435 e. The molecule has 1 heterocycles. The summed E-state index contributed by atoms with van der Waals surface area (Å²) >= 11 is 0. The maximum atomic E-state index is 12.5. The fourth-order valence-electron chi connectivity index (χ4n) is 2.99. The fourth-order valence-corrected chi connectivity index (χ4v) is 2.99. The summed E-state index contributed by atoms with van der Waals surface area (Å²) in [6.07, 6.45) is 3.42. The van der Waals surface area contributed by atoms with Gasteiger partial charge in [0, 0.05) is 19.2 Å². The fraction of sp³-hybridized carbons (Fsp3) is 0.238. The van der Waals surface area contributed by atoms with Crippen molar-refractivity contribution in [1.29, 1.82) is 0 Å². The van der Waals surface area contributed by atoms with Crippen LogP contribution >= 0.6 is 0 Å². The minimum Gasteiger partial charge on any atom is -0.435 e. The number of carbonyl (C=O) groups is 2. The number of ether oxygens (including phenoxy) is 1. The molecule has 0 aromatic heterocycles. The van der Waals surface area contributed by atoms with E-state index in [9.17, 15) is 18.4 Å². The van der Waals surface area contributed by atoms with Crippen molar-refractivity contribution in [2.75, 3.05) is 6.54 Å². The van der Waals surface area contributed by atoms with E-state index in [0.29, 0.717) is 25.1 Å². The zero-order chi connectivity index (χ0) is 19.9. The van der Waals surface area contributed by atoms with Gasteiger partial charge < -0.3 is 15.0 Å². The molecule has 0 bridgehead atoms. The van der Waals surface area contributed by atoms with Crippen LogP contribution in [0, 0.1) is 0 Å². The van der Waals surface area contributed by atoms with E-state index >= 15 is 0 Å². The van der Waals surface area contributed by atoms with E-state index in [1.165, 1.54) is 18.2 Å². The SMILES string of the molecule is O=C(/C=C/c1ccc(OC(F)F)cc1)N[C@H]1CCN(Cc2ccccc2)C1=O. The van der Waals surface area contributed by atoms with Crippen LogP contribution in [0.4, 0.5) is 8.78 Å². The van der Waals surface area contributed by atoms with Crippen molar-refractivity contribution >= 4 is 17.9 Å². The van der Waals surface area contributed by atoms with Crippen LogP contribution in [0.1, 0.15) is 17.5 Å². The van der Waals surface area contributed by atoms with Crippen molar-refractivity contribution < 1.29 is 23.1 Å². The van der Waals surface area contributed by atoms with Gasteiger partial charge in [0.05, 0.1) is 0 Å². The zero-order valence-electron chi connectivity index (χ0n) is 15.1. The van der Waals surface area contributed by atoms with Crippen LogP contribution < -0.4 is 10.1 Å². The van der Waals surface area contributed by atoms with Gasteiger partial charge in [-0.3, -0.25) is 9.59 Å². The van der Waals surface area contributed by atoms with Crippen molar-refractivity contribution in [2.24, 2.45) is 0 Å². The second-order valence-electron chi connectivity index (χ2n) is 6.38. The third-order valence-corrected chi connectivity index (χ3v) is 4.36. The van der Waals surface area contributed by atoms with Gasteiger partial charge in [-0.05, 0) is 35.8 Å². The number of amides is 2. The normalized spacial score (nSPS) is 16.8. The Labute approximate surface area is 161 Å². The summed E-state index contributed by atoms with van der Waals surface area (Å²) in [5.74, 6) is -0.432. The van der Waals surface area contributed by atoms with E-state index in [0.717, 1.165) is 5.56 Å². The van der Waals surface area contributed by atoms with Gasteiger partial charge in [-0.2, -0.15) is 8.78 Å². The summed E-state index contributed by atoms with van der Waals surface area (Å²) in [6, 6.07) is 15.1. The number of hydrogen-bond acceptors (Lipinski definition) is 3. The second kappa shape index (κ2) is 9.12. The molecule has 1 saturated heterocycles. The molecule has 2 amide bonds. The number of halogens is 2. The highest BCUT2D eigenvalue weighted by molar-refractivity contribution is 5.96. The molecule has 1 aliphatic rings. The summed E-state index contributed by atoms with van der Waals surface area (Å²) in [6.45, 7) is -1.76. The monoisotopic (exact) mass is 386 g/mol. The maximum absolute atomic E-state index is 12.5. The van der Waals surface area contributed by atoms with E-state index in [-0.39, 0.29) is 17.6 Å². The lowest BCUT2D eigenvalue weighted by Crippen LogP contribution is -2.40. The lowest BCUT2D eigenvalue weighted by Gasteiger charge is -2.17. The molecule has 5 nitrogen and oxygen atoms in total. The number of rotatable bonds is 7. The van der Waals surface area contributed by atoms with Crippen molar-refractivity contribution in [3.8, 4) is 5.75 Å². The molecule has 3 rings (SSSR count). The van der Waals surface area contributed by atoms with Crippen molar-refractivity contribution in [3.05, 3.63) is 71.8 Å². The maximum Gasteiger partial charge on any atom is 0.387 e.